The van der Waals surface area contributed by atoms with Gasteiger partial charge in [0.2, 0.25) is 10.0 Å². The molecule has 6 heteroatoms. The van der Waals surface area contributed by atoms with Crippen LogP contribution in [0.25, 0.3) is 0 Å². The summed E-state index contributed by atoms with van der Waals surface area (Å²) in [6, 6.07) is 5.45. The lowest BCUT2D eigenvalue weighted by molar-refractivity contribution is 0.180. The largest absolute Gasteiger partial charge is 0.383 e. The topological polar surface area (TPSA) is 46.6 Å². The summed E-state index contributed by atoms with van der Waals surface area (Å²) in [6.45, 7) is 0.980. The third kappa shape index (κ3) is 3.34. The fourth-order valence-electron chi connectivity index (χ4n) is 2.50. The Balaban J connectivity index is 2.27. The van der Waals surface area contributed by atoms with E-state index in [0.29, 0.717) is 24.6 Å². The summed E-state index contributed by atoms with van der Waals surface area (Å²) in [5.41, 5.74) is 2.42. The molecule has 0 atom stereocenters. The predicted octanol–water partition coefficient (Wildman–Crippen LogP) is 2.05. The molecule has 0 aliphatic heterocycles. The predicted molar refractivity (Wildman–Crippen MR) is 79.8 cm³/mol. The van der Waals surface area contributed by atoms with Crippen LogP contribution >= 0.6 is 11.6 Å². The van der Waals surface area contributed by atoms with Gasteiger partial charge >= 0.3 is 0 Å². The van der Waals surface area contributed by atoms with Crippen molar-refractivity contribution in [2.75, 3.05) is 32.7 Å². The average molecular weight is 318 g/mol. The summed E-state index contributed by atoms with van der Waals surface area (Å²) in [6.07, 6.45) is 3.12. The number of nitrogens with zero attached hydrogens (tertiary/aromatic N) is 1. The van der Waals surface area contributed by atoms with Crippen LogP contribution in [0.4, 0.5) is 0 Å². The minimum absolute atomic E-state index is 0.272. The quantitative estimate of drug-likeness (QED) is 0.723. The summed E-state index contributed by atoms with van der Waals surface area (Å²) in [5.74, 6) is 0.272. The minimum Gasteiger partial charge on any atom is -0.383 e. The van der Waals surface area contributed by atoms with E-state index in [1.165, 1.54) is 9.87 Å². The van der Waals surface area contributed by atoms with Crippen molar-refractivity contribution in [1.82, 2.24) is 4.31 Å². The molecule has 0 saturated carbocycles. The lowest BCUT2D eigenvalue weighted by atomic mass is 10.1. The number of aryl methyl sites for hydroxylation is 2. The van der Waals surface area contributed by atoms with Crippen LogP contribution in [0.2, 0.25) is 0 Å². The molecule has 4 nitrogen and oxygen atoms in total. The van der Waals surface area contributed by atoms with E-state index in [2.05, 4.69) is 0 Å². The molecule has 2 rings (SSSR count). The molecule has 0 fully saturated rings. The van der Waals surface area contributed by atoms with Crippen molar-refractivity contribution in [2.24, 2.45) is 0 Å². The number of hydrogen-bond donors (Lipinski definition) is 0. The smallest absolute Gasteiger partial charge is 0.243 e. The minimum atomic E-state index is -3.49. The van der Waals surface area contributed by atoms with E-state index in [0.717, 1.165) is 24.8 Å². The Labute approximate surface area is 125 Å². The highest BCUT2D eigenvalue weighted by atomic mass is 35.5. The first kappa shape index (κ1) is 15.8. The molecule has 20 heavy (non-hydrogen) atoms. The molecular formula is C14H20ClNO3S. The van der Waals surface area contributed by atoms with Crippen molar-refractivity contribution in [3.8, 4) is 0 Å². The van der Waals surface area contributed by atoms with Crippen molar-refractivity contribution >= 4 is 21.6 Å². The second kappa shape index (κ2) is 6.89. The van der Waals surface area contributed by atoms with Gasteiger partial charge in [0, 0.05) is 26.1 Å². The number of sulfonamides is 1. The summed E-state index contributed by atoms with van der Waals surface area (Å²) >= 11 is 5.72. The Bertz CT molecular complexity index is 560. The molecule has 1 aromatic rings. The lowest BCUT2D eigenvalue weighted by Crippen LogP contribution is -2.35. The van der Waals surface area contributed by atoms with E-state index in [1.807, 2.05) is 12.1 Å². The van der Waals surface area contributed by atoms with E-state index in [9.17, 15) is 8.42 Å². The molecule has 0 bridgehead atoms. The number of benzene rings is 1. The van der Waals surface area contributed by atoms with E-state index in [-0.39, 0.29) is 5.88 Å². The summed E-state index contributed by atoms with van der Waals surface area (Å²) in [7, 11) is -1.93. The third-order valence-electron chi connectivity index (χ3n) is 3.59. The fraction of sp³-hybridized carbons (Fsp3) is 0.571. The zero-order valence-electron chi connectivity index (χ0n) is 11.6. The highest BCUT2D eigenvalue weighted by Crippen LogP contribution is 2.26. The van der Waals surface area contributed by atoms with Gasteiger partial charge in [-0.2, -0.15) is 4.31 Å². The van der Waals surface area contributed by atoms with Gasteiger partial charge in [0.1, 0.15) is 0 Å². The number of fused-ring (bicyclic) bond motifs is 1. The monoisotopic (exact) mass is 317 g/mol. The normalized spacial score (nSPS) is 14.8. The summed E-state index contributed by atoms with van der Waals surface area (Å²) in [4.78, 5) is 0.361. The molecule has 0 saturated heterocycles. The third-order valence-corrected chi connectivity index (χ3v) is 5.65. The molecule has 1 aromatic carbocycles. The van der Waals surface area contributed by atoms with Gasteiger partial charge in [0.05, 0.1) is 11.5 Å². The number of rotatable bonds is 7. The first-order valence-corrected chi connectivity index (χ1v) is 8.74. The van der Waals surface area contributed by atoms with Crippen LogP contribution < -0.4 is 0 Å². The molecule has 0 N–H and O–H groups in total. The number of alkyl halides is 1. The molecular weight excluding hydrogens is 298 g/mol. The number of halogens is 1. The first-order valence-electron chi connectivity index (χ1n) is 6.76. The second-order valence-corrected chi connectivity index (χ2v) is 7.19. The maximum Gasteiger partial charge on any atom is 0.243 e. The van der Waals surface area contributed by atoms with Crippen molar-refractivity contribution in [2.45, 2.75) is 24.2 Å². The highest BCUT2D eigenvalue weighted by Gasteiger charge is 2.25. The van der Waals surface area contributed by atoms with E-state index in [4.69, 9.17) is 16.3 Å². The lowest BCUT2D eigenvalue weighted by Gasteiger charge is -2.21. The number of ether oxygens (including phenoxy) is 1. The van der Waals surface area contributed by atoms with E-state index in [1.54, 1.807) is 13.2 Å². The molecule has 0 radical (unpaired) electrons. The molecule has 0 aromatic heterocycles. The van der Waals surface area contributed by atoms with Crippen molar-refractivity contribution in [3.63, 3.8) is 0 Å². The van der Waals surface area contributed by atoms with Crippen molar-refractivity contribution < 1.29 is 13.2 Å². The van der Waals surface area contributed by atoms with Crippen LogP contribution in [0.1, 0.15) is 17.5 Å². The first-order chi connectivity index (χ1) is 9.59. The zero-order valence-corrected chi connectivity index (χ0v) is 13.2. The Morgan fingerprint density at radius 2 is 2.00 bits per heavy atom. The average Bonchev–Trinajstić information content (AvgIpc) is 2.90. The van der Waals surface area contributed by atoms with Gasteiger partial charge < -0.3 is 4.74 Å². The van der Waals surface area contributed by atoms with Crippen LogP contribution in [0.5, 0.6) is 0 Å². The standard InChI is InChI=1S/C14H20ClNO3S/c1-19-10-9-16(8-7-15)20(17,18)14-6-5-12-3-2-4-13(12)11-14/h5-6,11H,2-4,7-10H2,1H3. The van der Waals surface area contributed by atoms with Crippen molar-refractivity contribution in [1.29, 1.82) is 0 Å². The molecule has 0 amide bonds. The molecule has 0 spiro atoms. The maximum atomic E-state index is 12.6. The maximum absolute atomic E-state index is 12.6. The van der Waals surface area contributed by atoms with Crippen LogP contribution in [0, 0.1) is 0 Å². The second-order valence-electron chi connectivity index (χ2n) is 4.87. The van der Waals surface area contributed by atoms with Gasteiger partial charge in [-0.1, -0.05) is 6.07 Å². The Kier molecular flexibility index (Phi) is 5.43. The summed E-state index contributed by atoms with van der Waals surface area (Å²) in [5, 5.41) is 0. The Morgan fingerprint density at radius 3 is 2.70 bits per heavy atom. The Hall–Kier alpha value is -0.620. The van der Waals surface area contributed by atoms with E-state index >= 15 is 0 Å². The highest BCUT2D eigenvalue weighted by molar-refractivity contribution is 7.89. The SMILES string of the molecule is COCCN(CCCl)S(=O)(=O)c1ccc2c(c1)CCC2. The van der Waals surface area contributed by atoms with Crippen LogP contribution in [0.3, 0.4) is 0 Å². The number of methoxy groups -OCH3 is 1. The van der Waals surface area contributed by atoms with Crippen LogP contribution in [-0.4, -0.2) is 45.4 Å². The van der Waals surface area contributed by atoms with Gasteiger partial charge in [0.25, 0.3) is 0 Å². The molecule has 0 heterocycles. The Morgan fingerprint density at radius 1 is 1.25 bits per heavy atom. The fourth-order valence-corrected chi connectivity index (χ4v) is 4.28. The van der Waals surface area contributed by atoms with E-state index < -0.39 is 10.0 Å². The van der Waals surface area contributed by atoms with Gasteiger partial charge in [0.15, 0.2) is 0 Å². The molecule has 1 aliphatic rings. The van der Waals surface area contributed by atoms with Crippen LogP contribution in [-0.2, 0) is 27.6 Å². The van der Waals surface area contributed by atoms with Gasteiger partial charge in [-0.25, -0.2) is 8.42 Å². The van der Waals surface area contributed by atoms with Gasteiger partial charge in [-0.15, -0.1) is 11.6 Å². The molecule has 1 aliphatic carbocycles. The van der Waals surface area contributed by atoms with Gasteiger partial charge in [-0.05, 0) is 42.5 Å². The van der Waals surface area contributed by atoms with Gasteiger partial charge in [-0.3, -0.25) is 0 Å². The van der Waals surface area contributed by atoms with Crippen LogP contribution in [0.15, 0.2) is 23.1 Å². The zero-order chi connectivity index (χ0) is 14.6. The molecule has 0 unspecified atom stereocenters. The summed E-state index contributed by atoms with van der Waals surface area (Å²) < 4.78 is 31.6. The number of hydrogen-bond acceptors (Lipinski definition) is 3. The molecule has 112 valence electrons. The van der Waals surface area contributed by atoms with Crippen molar-refractivity contribution in [3.05, 3.63) is 29.3 Å².